The fraction of sp³-hybridized carbons (Fsp3) is 0.536. The molecule has 2 fully saturated rings. The maximum atomic E-state index is 13.0. The van der Waals surface area contributed by atoms with E-state index in [-0.39, 0.29) is 17.9 Å². The van der Waals surface area contributed by atoms with Gasteiger partial charge in [-0.25, -0.2) is 0 Å². The monoisotopic (exact) mass is 465 g/mol. The Morgan fingerprint density at radius 3 is 2.44 bits per heavy atom. The summed E-state index contributed by atoms with van der Waals surface area (Å²) in [4.78, 5) is 17.6. The summed E-state index contributed by atoms with van der Waals surface area (Å²) in [5.41, 5.74) is 2.53. The molecule has 0 spiro atoms. The van der Waals surface area contributed by atoms with Gasteiger partial charge in [0.15, 0.2) is 0 Å². The number of hydrogen-bond acceptors (Lipinski definition) is 5. The molecule has 3 atom stereocenters. The van der Waals surface area contributed by atoms with Gasteiger partial charge in [-0.15, -0.1) is 0 Å². The lowest BCUT2D eigenvalue weighted by Gasteiger charge is -2.52. The highest BCUT2D eigenvalue weighted by atomic mass is 16.5. The molecule has 0 bridgehead atoms. The van der Waals surface area contributed by atoms with Crippen LogP contribution in [0.2, 0.25) is 0 Å². The Bertz CT molecular complexity index is 942. The summed E-state index contributed by atoms with van der Waals surface area (Å²) >= 11 is 0. The minimum Gasteiger partial charge on any atom is -0.497 e. The van der Waals surface area contributed by atoms with Gasteiger partial charge in [0.1, 0.15) is 5.75 Å². The van der Waals surface area contributed by atoms with Crippen molar-refractivity contribution in [2.75, 3.05) is 43.5 Å². The van der Waals surface area contributed by atoms with Crippen molar-refractivity contribution in [3.63, 3.8) is 0 Å². The number of carbonyl (C=O) groups is 1. The van der Waals surface area contributed by atoms with Gasteiger partial charge in [-0.1, -0.05) is 25.0 Å². The first-order chi connectivity index (χ1) is 16.5. The van der Waals surface area contributed by atoms with Gasteiger partial charge in [0, 0.05) is 43.0 Å². The predicted molar refractivity (Wildman–Crippen MR) is 137 cm³/mol. The first-order valence-corrected chi connectivity index (χ1v) is 12.7. The van der Waals surface area contributed by atoms with E-state index in [1.165, 1.54) is 11.3 Å². The van der Waals surface area contributed by atoms with Gasteiger partial charge in [-0.3, -0.25) is 9.69 Å². The van der Waals surface area contributed by atoms with Crippen molar-refractivity contribution in [2.45, 2.75) is 57.6 Å². The van der Waals surface area contributed by atoms with Crippen LogP contribution in [-0.2, 0) is 4.79 Å². The van der Waals surface area contributed by atoms with E-state index in [1.54, 1.807) is 7.11 Å². The molecule has 2 aliphatic rings. The number of fused-ring (bicyclic) bond motifs is 1. The number of nitrogens with zero attached hydrogens (tertiary/aromatic N) is 2. The van der Waals surface area contributed by atoms with E-state index in [0.717, 1.165) is 56.6 Å². The maximum absolute atomic E-state index is 13.0. The second kappa shape index (κ2) is 10.8. The van der Waals surface area contributed by atoms with E-state index < -0.39 is 5.60 Å². The van der Waals surface area contributed by atoms with Crippen LogP contribution >= 0.6 is 0 Å². The van der Waals surface area contributed by atoms with Crippen molar-refractivity contribution in [3.8, 4) is 5.75 Å². The second-order valence-corrected chi connectivity index (χ2v) is 9.66. The van der Waals surface area contributed by atoms with Crippen LogP contribution in [0.25, 0.3) is 0 Å². The number of nitrogens with one attached hydrogen (secondary N) is 1. The molecule has 184 valence electrons. The van der Waals surface area contributed by atoms with Gasteiger partial charge in [0.25, 0.3) is 0 Å². The summed E-state index contributed by atoms with van der Waals surface area (Å²) in [5.74, 6) is 0.873. The van der Waals surface area contributed by atoms with Crippen molar-refractivity contribution < 1.29 is 14.6 Å². The molecule has 6 heteroatoms. The first kappa shape index (κ1) is 24.6. The van der Waals surface area contributed by atoms with Crippen LogP contribution in [0.3, 0.4) is 0 Å². The van der Waals surface area contributed by atoms with Crippen molar-refractivity contribution in [3.05, 3.63) is 54.1 Å². The van der Waals surface area contributed by atoms with Gasteiger partial charge in [0.05, 0.1) is 19.3 Å². The highest BCUT2D eigenvalue weighted by Gasteiger charge is 2.49. The molecule has 34 heavy (non-hydrogen) atoms. The Morgan fingerprint density at radius 1 is 1.09 bits per heavy atom. The summed E-state index contributed by atoms with van der Waals surface area (Å²) < 4.78 is 5.21. The number of piperidine rings is 1. The molecular weight excluding hydrogens is 426 g/mol. The zero-order chi connectivity index (χ0) is 24.1. The minimum atomic E-state index is -0.635. The second-order valence-electron chi connectivity index (χ2n) is 9.66. The van der Waals surface area contributed by atoms with Gasteiger partial charge in [-0.05, 0) is 75.1 Å². The van der Waals surface area contributed by atoms with E-state index in [9.17, 15) is 9.90 Å². The Hall–Kier alpha value is -2.57. The summed E-state index contributed by atoms with van der Waals surface area (Å²) in [5, 5.41) is 14.6. The molecule has 1 saturated carbocycles. The number of rotatable bonds is 8. The highest BCUT2D eigenvalue weighted by molar-refractivity contribution is 5.92. The van der Waals surface area contributed by atoms with Crippen LogP contribution in [0.1, 0.15) is 57.6 Å². The standard InChI is InChI=1S/C28H39N3O3/c1-4-30(5-2)23-13-9-21(10-14-23)27-25-8-6-7-17-28(25,33)18-19-31(27)20-26(32)29-22-11-15-24(34-3)16-12-22/h9-16,25,27,33H,4-8,17-20H2,1-3H3,(H,29,32)/t25-,27-,28-/m0/s1. The molecule has 4 rings (SSSR count). The number of ether oxygens (including phenoxy) is 1. The van der Waals surface area contributed by atoms with E-state index >= 15 is 0 Å². The van der Waals surface area contributed by atoms with Gasteiger partial charge in [0.2, 0.25) is 5.91 Å². The molecule has 0 radical (unpaired) electrons. The van der Waals surface area contributed by atoms with Crippen LogP contribution in [0.15, 0.2) is 48.5 Å². The average molecular weight is 466 g/mol. The number of benzene rings is 2. The third-order valence-corrected chi connectivity index (χ3v) is 7.76. The summed E-state index contributed by atoms with van der Waals surface area (Å²) in [6.07, 6.45) is 4.79. The smallest absolute Gasteiger partial charge is 0.238 e. The Morgan fingerprint density at radius 2 is 1.79 bits per heavy atom. The molecular formula is C28H39N3O3. The van der Waals surface area contributed by atoms with Crippen LogP contribution in [0, 0.1) is 5.92 Å². The predicted octanol–water partition coefficient (Wildman–Crippen LogP) is 4.85. The van der Waals surface area contributed by atoms with Crippen molar-refractivity contribution >= 4 is 17.3 Å². The SMILES string of the molecule is CCN(CC)c1ccc([C@H]2[C@@H]3CCCC[C@]3(O)CCN2CC(=O)Nc2ccc(OC)cc2)cc1. The largest absolute Gasteiger partial charge is 0.497 e. The van der Waals surface area contributed by atoms with Crippen molar-refractivity contribution in [1.82, 2.24) is 4.90 Å². The minimum absolute atomic E-state index is 0.0313. The third-order valence-electron chi connectivity index (χ3n) is 7.76. The number of amides is 1. The highest BCUT2D eigenvalue weighted by Crippen LogP contribution is 2.49. The van der Waals surface area contributed by atoms with Gasteiger partial charge in [-0.2, -0.15) is 0 Å². The molecule has 1 aliphatic carbocycles. The lowest BCUT2D eigenvalue weighted by molar-refractivity contribution is -0.135. The molecule has 2 aromatic rings. The van der Waals surface area contributed by atoms with Crippen LogP contribution < -0.4 is 15.0 Å². The fourth-order valence-corrected chi connectivity index (χ4v) is 5.89. The zero-order valence-electron chi connectivity index (χ0n) is 20.8. The van der Waals surface area contributed by atoms with Crippen molar-refractivity contribution in [2.24, 2.45) is 5.92 Å². The molecule has 6 nitrogen and oxygen atoms in total. The van der Waals surface area contributed by atoms with E-state index in [1.807, 2.05) is 24.3 Å². The number of aliphatic hydroxyl groups is 1. The summed E-state index contributed by atoms with van der Waals surface area (Å²) in [6.45, 7) is 7.30. The molecule has 1 amide bonds. The lowest BCUT2D eigenvalue weighted by atomic mass is 9.66. The quantitative estimate of drug-likeness (QED) is 0.584. The summed E-state index contributed by atoms with van der Waals surface area (Å²) in [7, 11) is 1.63. The van der Waals surface area contributed by atoms with E-state index in [4.69, 9.17) is 4.74 Å². The average Bonchev–Trinajstić information content (AvgIpc) is 2.86. The normalized spacial score (nSPS) is 24.8. The third kappa shape index (κ3) is 5.23. The van der Waals surface area contributed by atoms with Crippen LogP contribution in [0.4, 0.5) is 11.4 Å². The Labute approximate surface area is 203 Å². The number of hydrogen-bond donors (Lipinski definition) is 2. The molecule has 1 aliphatic heterocycles. The number of likely N-dealkylation sites (tertiary alicyclic amines) is 1. The molecule has 1 heterocycles. The molecule has 0 aromatic heterocycles. The molecule has 1 saturated heterocycles. The van der Waals surface area contributed by atoms with E-state index in [2.05, 4.69) is 53.2 Å². The van der Waals surface area contributed by atoms with E-state index in [0.29, 0.717) is 13.1 Å². The number of carbonyl (C=O) groups excluding carboxylic acids is 1. The fourth-order valence-electron chi connectivity index (χ4n) is 5.89. The molecule has 2 aromatic carbocycles. The molecule has 0 unspecified atom stereocenters. The topological polar surface area (TPSA) is 65.0 Å². The summed E-state index contributed by atoms with van der Waals surface area (Å²) in [6, 6.07) is 16.2. The zero-order valence-corrected chi connectivity index (χ0v) is 20.8. The van der Waals surface area contributed by atoms with Crippen LogP contribution in [-0.4, -0.2) is 54.8 Å². The number of methoxy groups -OCH3 is 1. The van der Waals surface area contributed by atoms with Gasteiger partial charge >= 0.3 is 0 Å². The lowest BCUT2D eigenvalue weighted by Crippen LogP contribution is -2.56. The van der Waals surface area contributed by atoms with Crippen molar-refractivity contribution in [1.29, 1.82) is 0 Å². The van der Waals surface area contributed by atoms with Crippen LogP contribution in [0.5, 0.6) is 5.75 Å². The number of anilines is 2. The Kier molecular flexibility index (Phi) is 7.79. The Balaban J connectivity index is 1.55. The maximum Gasteiger partial charge on any atom is 0.238 e. The van der Waals surface area contributed by atoms with Gasteiger partial charge < -0.3 is 20.1 Å². The molecule has 2 N–H and O–H groups in total. The first-order valence-electron chi connectivity index (χ1n) is 12.7.